The number of rotatable bonds is 5. The third-order valence-corrected chi connectivity index (χ3v) is 1.55. The molecule has 0 aliphatic heterocycles. The van der Waals surface area contributed by atoms with Crippen LogP contribution in [0.5, 0.6) is 0 Å². The monoisotopic (exact) mass is 180 g/mol. The summed E-state index contributed by atoms with van der Waals surface area (Å²) in [5, 5.41) is 0. The van der Waals surface area contributed by atoms with Crippen LogP contribution >= 0.6 is 0 Å². The summed E-state index contributed by atoms with van der Waals surface area (Å²) < 4.78 is 0. The van der Waals surface area contributed by atoms with Crippen LogP contribution in [0.1, 0.15) is 40.5 Å². The fourth-order valence-electron chi connectivity index (χ4n) is 0.866. The van der Waals surface area contributed by atoms with Crippen LogP contribution in [-0.2, 0) is 0 Å². The van der Waals surface area contributed by atoms with Gasteiger partial charge in [-0.3, -0.25) is 9.98 Å². The van der Waals surface area contributed by atoms with Crippen molar-refractivity contribution >= 4 is 12.4 Å². The van der Waals surface area contributed by atoms with Crippen LogP contribution in [0, 0.1) is 0 Å². The SMILES string of the molecule is C/C=N\C(C)(C)/C=C\N=C/CCC. The molecule has 0 bridgehead atoms. The van der Waals surface area contributed by atoms with Gasteiger partial charge in [-0.05, 0) is 39.5 Å². The van der Waals surface area contributed by atoms with Crippen LogP contribution in [0.4, 0.5) is 0 Å². The molecular formula is C11H20N2. The summed E-state index contributed by atoms with van der Waals surface area (Å²) in [6.45, 7) is 8.18. The maximum Gasteiger partial charge on any atom is 0.0745 e. The molecule has 0 spiro atoms. The molecule has 0 unspecified atom stereocenters. The predicted octanol–water partition coefficient (Wildman–Crippen LogP) is 3.24. The Labute approximate surface area is 81.5 Å². The van der Waals surface area contributed by atoms with Crippen LogP contribution in [0.25, 0.3) is 0 Å². The Kier molecular flexibility index (Phi) is 6.11. The molecule has 0 saturated heterocycles. The first-order valence-electron chi connectivity index (χ1n) is 4.81. The van der Waals surface area contributed by atoms with Crippen LogP contribution in [0.15, 0.2) is 22.3 Å². The van der Waals surface area contributed by atoms with Crippen molar-refractivity contribution in [3.8, 4) is 0 Å². The van der Waals surface area contributed by atoms with Gasteiger partial charge in [-0.15, -0.1) is 0 Å². The van der Waals surface area contributed by atoms with Gasteiger partial charge in [0.25, 0.3) is 0 Å². The maximum atomic E-state index is 4.29. The predicted molar refractivity (Wildman–Crippen MR) is 60.8 cm³/mol. The van der Waals surface area contributed by atoms with Gasteiger partial charge in [-0.25, -0.2) is 0 Å². The summed E-state index contributed by atoms with van der Waals surface area (Å²) in [7, 11) is 0. The van der Waals surface area contributed by atoms with Crippen molar-refractivity contribution in [2.24, 2.45) is 9.98 Å². The largest absolute Gasteiger partial charge is 0.288 e. The van der Waals surface area contributed by atoms with Gasteiger partial charge in [0.2, 0.25) is 0 Å². The molecule has 0 aromatic carbocycles. The molecule has 0 atom stereocenters. The second kappa shape index (κ2) is 6.58. The second-order valence-corrected chi connectivity index (χ2v) is 3.48. The molecule has 74 valence electrons. The Morgan fingerprint density at radius 2 is 2.00 bits per heavy atom. The molecule has 13 heavy (non-hydrogen) atoms. The molecule has 0 aromatic rings. The molecule has 2 nitrogen and oxygen atoms in total. The summed E-state index contributed by atoms with van der Waals surface area (Å²) in [4.78, 5) is 8.44. The van der Waals surface area contributed by atoms with Gasteiger partial charge >= 0.3 is 0 Å². The zero-order valence-corrected chi connectivity index (χ0v) is 9.12. The Balaban J connectivity index is 3.95. The first kappa shape index (κ1) is 12.1. The van der Waals surface area contributed by atoms with Gasteiger partial charge in [0.15, 0.2) is 0 Å². The van der Waals surface area contributed by atoms with Gasteiger partial charge in [0, 0.05) is 12.4 Å². The lowest BCUT2D eigenvalue weighted by Crippen LogP contribution is -2.11. The first-order chi connectivity index (χ1) is 6.12. The van der Waals surface area contributed by atoms with Gasteiger partial charge in [0.1, 0.15) is 0 Å². The van der Waals surface area contributed by atoms with Crippen LogP contribution in [0.2, 0.25) is 0 Å². The van der Waals surface area contributed by atoms with E-state index in [9.17, 15) is 0 Å². The topological polar surface area (TPSA) is 24.7 Å². The average molecular weight is 180 g/mol. The van der Waals surface area contributed by atoms with E-state index in [-0.39, 0.29) is 5.54 Å². The summed E-state index contributed by atoms with van der Waals surface area (Å²) in [5.74, 6) is 0. The van der Waals surface area contributed by atoms with Gasteiger partial charge in [0.05, 0.1) is 5.54 Å². The van der Waals surface area contributed by atoms with Crippen molar-refractivity contribution in [1.82, 2.24) is 0 Å². The number of hydrogen-bond donors (Lipinski definition) is 0. The zero-order valence-electron chi connectivity index (χ0n) is 9.12. The standard InChI is InChI=1S/C11H20N2/c1-5-7-9-12-10-8-11(3,4)13-6-2/h6,8-10H,5,7H2,1-4H3/b10-8-,12-9-,13-6-. The fraction of sp³-hybridized carbons (Fsp3) is 0.636. The molecule has 0 rings (SSSR count). The van der Waals surface area contributed by atoms with Crippen LogP contribution in [-0.4, -0.2) is 18.0 Å². The summed E-state index contributed by atoms with van der Waals surface area (Å²) in [6, 6.07) is 0. The van der Waals surface area contributed by atoms with Gasteiger partial charge in [-0.2, -0.15) is 0 Å². The normalized spacial score (nSPS) is 13.8. The van der Waals surface area contributed by atoms with Crippen molar-refractivity contribution in [3.63, 3.8) is 0 Å². The minimum atomic E-state index is -0.127. The fourth-order valence-corrected chi connectivity index (χ4v) is 0.866. The van der Waals surface area contributed by atoms with E-state index >= 15 is 0 Å². The zero-order chi connectivity index (χ0) is 10.2. The van der Waals surface area contributed by atoms with Crippen molar-refractivity contribution < 1.29 is 0 Å². The minimum absolute atomic E-state index is 0.127. The lowest BCUT2D eigenvalue weighted by atomic mass is 10.1. The lowest BCUT2D eigenvalue weighted by Gasteiger charge is -2.12. The molecule has 0 radical (unpaired) electrons. The van der Waals surface area contributed by atoms with Crippen molar-refractivity contribution in [1.29, 1.82) is 0 Å². The third kappa shape index (κ3) is 7.44. The highest BCUT2D eigenvalue weighted by Crippen LogP contribution is 2.09. The van der Waals surface area contributed by atoms with Gasteiger partial charge in [-0.1, -0.05) is 13.3 Å². The molecule has 0 heterocycles. The number of aliphatic imine (C=N–C) groups is 2. The molecule has 0 fully saturated rings. The van der Waals surface area contributed by atoms with Crippen molar-refractivity contribution in [2.75, 3.05) is 0 Å². The Morgan fingerprint density at radius 3 is 2.54 bits per heavy atom. The minimum Gasteiger partial charge on any atom is -0.288 e. The molecule has 0 aliphatic rings. The summed E-state index contributed by atoms with van der Waals surface area (Å²) >= 11 is 0. The highest BCUT2D eigenvalue weighted by Gasteiger charge is 2.08. The smallest absolute Gasteiger partial charge is 0.0745 e. The highest BCUT2D eigenvalue weighted by atomic mass is 14.8. The van der Waals surface area contributed by atoms with E-state index < -0.39 is 0 Å². The van der Waals surface area contributed by atoms with Crippen LogP contribution in [0.3, 0.4) is 0 Å². The molecule has 0 amide bonds. The van der Waals surface area contributed by atoms with E-state index in [2.05, 4.69) is 30.8 Å². The molecule has 0 aromatic heterocycles. The van der Waals surface area contributed by atoms with E-state index in [0.717, 1.165) is 12.8 Å². The van der Waals surface area contributed by atoms with Crippen molar-refractivity contribution in [2.45, 2.75) is 46.1 Å². The van der Waals surface area contributed by atoms with E-state index in [4.69, 9.17) is 0 Å². The Hall–Kier alpha value is -0.920. The first-order valence-corrected chi connectivity index (χ1v) is 4.81. The quantitative estimate of drug-likeness (QED) is 0.580. The number of hydrogen-bond acceptors (Lipinski definition) is 2. The van der Waals surface area contributed by atoms with Crippen LogP contribution < -0.4 is 0 Å². The molecule has 2 heteroatoms. The lowest BCUT2D eigenvalue weighted by molar-refractivity contribution is 0.659. The third-order valence-electron chi connectivity index (χ3n) is 1.55. The van der Waals surface area contributed by atoms with E-state index in [1.807, 2.05) is 31.6 Å². The highest BCUT2D eigenvalue weighted by molar-refractivity contribution is 5.58. The van der Waals surface area contributed by atoms with Crippen molar-refractivity contribution in [3.05, 3.63) is 12.3 Å². The van der Waals surface area contributed by atoms with E-state index in [1.165, 1.54) is 0 Å². The number of unbranched alkanes of at least 4 members (excludes halogenated alkanes) is 1. The Bertz CT molecular complexity index is 200. The maximum absolute atomic E-state index is 4.29. The van der Waals surface area contributed by atoms with E-state index in [0.29, 0.717) is 0 Å². The molecule has 0 N–H and O–H groups in total. The molecular weight excluding hydrogens is 160 g/mol. The Morgan fingerprint density at radius 1 is 1.31 bits per heavy atom. The second-order valence-electron chi connectivity index (χ2n) is 3.48. The van der Waals surface area contributed by atoms with Gasteiger partial charge < -0.3 is 0 Å². The average Bonchev–Trinajstić information content (AvgIpc) is 2.04. The summed E-state index contributed by atoms with van der Waals surface area (Å²) in [6.07, 6.45) is 9.76. The van der Waals surface area contributed by atoms with E-state index in [1.54, 1.807) is 0 Å². The number of nitrogens with zero attached hydrogens (tertiary/aromatic N) is 2. The molecule has 0 aliphatic carbocycles. The molecule has 0 saturated carbocycles. The summed E-state index contributed by atoms with van der Waals surface area (Å²) in [5.41, 5.74) is -0.127.